The van der Waals surface area contributed by atoms with Gasteiger partial charge in [0.2, 0.25) is 0 Å². The third-order valence-corrected chi connectivity index (χ3v) is 7.27. The number of rotatable bonds is 5. The van der Waals surface area contributed by atoms with Crippen molar-refractivity contribution in [1.82, 2.24) is 20.6 Å². The lowest BCUT2D eigenvalue weighted by molar-refractivity contribution is -0.137. The Morgan fingerprint density at radius 3 is 2.70 bits per heavy atom. The summed E-state index contributed by atoms with van der Waals surface area (Å²) >= 11 is 0. The van der Waals surface area contributed by atoms with Crippen LogP contribution in [0.4, 0.5) is 18.9 Å². The summed E-state index contributed by atoms with van der Waals surface area (Å²) in [6, 6.07) is 6.82. The number of nitrogens with zero attached hydrogens (tertiary/aromatic N) is 3. The van der Waals surface area contributed by atoms with Gasteiger partial charge in [0.25, 0.3) is 5.91 Å². The molecule has 1 amide bonds. The zero-order valence-electron chi connectivity index (χ0n) is 21.3. The van der Waals surface area contributed by atoms with Crippen molar-refractivity contribution in [2.24, 2.45) is 0 Å². The minimum atomic E-state index is -4.45. The van der Waals surface area contributed by atoms with Crippen LogP contribution in [0, 0.1) is 6.92 Å². The maximum absolute atomic E-state index is 13.7. The standard InChI is InChI=1S/C28H32F3N5O/c1-16-9-11-36(12-10-32-16)26-22-13-17(2)34-24(19-7-8-19)25(22)33-15-23(26)27(37)35-18(3)20-5-4-6-21(14-20)28(29,30)31/h4-6,13-16,18-19,32H,7-12H2,1-3H3,(H,35,37)/t16-,18-/m0/s1. The van der Waals surface area contributed by atoms with Crippen LogP contribution >= 0.6 is 0 Å². The Morgan fingerprint density at radius 1 is 1.19 bits per heavy atom. The molecule has 2 aliphatic rings. The maximum atomic E-state index is 13.7. The fourth-order valence-corrected chi connectivity index (χ4v) is 5.07. The zero-order chi connectivity index (χ0) is 26.3. The molecule has 0 bridgehead atoms. The van der Waals surface area contributed by atoms with Crippen molar-refractivity contribution >= 4 is 22.5 Å². The van der Waals surface area contributed by atoms with E-state index in [0.717, 1.165) is 79.0 Å². The smallest absolute Gasteiger partial charge is 0.369 e. The number of alkyl halides is 3. The summed E-state index contributed by atoms with van der Waals surface area (Å²) in [4.78, 5) is 25.4. The average molecular weight is 512 g/mol. The Balaban J connectivity index is 1.54. The van der Waals surface area contributed by atoms with Gasteiger partial charge in [0.05, 0.1) is 34.1 Å². The second kappa shape index (κ2) is 9.93. The molecule has 1 saturated carbocycles. The first-order valence-corrected chi connectivity index (χ1v) is 12.9. The summed E-state index contributed by atoms with van der Waals surface area (Å²) < 4.78 is 39.7. The van der Waals surface area contributed by atoms with Crippen molar-refractivity contribution in [3.05, 3.63) is 64.6 Å². The Labute approximate surface area is 214 Å². The van der Waals surface area contributed by atoms with Gasteiger partial charge in [-0.3, -0.25) is 14.8 Å². The van der Waals surface area contributed by atoms with E-state index in [1.165, 1.54) is 6.07 Å². The van der Waals surface area contributed by atoms with E-state index >= 15 is 0 Å². The molecular formula is C28H32F3N5O. The molecule has 37 heavy (non-hydrogen) atoms. The Bertz CT molecular complexity index is 1320. The highest BCUT2D eigenvalue weighted by molar-refractivity contribution is 6.08. The summed E-state index contributed by atoms with van der Waals surface area (Å²) in [5, 5.41) is 7.33. The van der Waals surface area contributed by atoms with Crippen LogP contribution in [0.15, 0.2) is 36.5 Å². The molecule has 3 aromatic rings. The molecule has 3 heterocycles. The lowest BCUT2D eigenvalue weighted by atomic mass is 10.0. The zero-order valence-corrected chi connectivity index (χ0v) is 21.3. The van der Waals surface area contributed by atoms with E-state index in [1.54, 1.807) is 19.2 Å². The first kappa shape index (κ1) is 25.4. The summed E-state index contributed by atoms with van der Waals surface area (Å²) in [6.45, 7) is 8.09. The number of hydrogen-bond acceptors (Lipinski definition) is 5. The van der Waals surface area contributed by atoms with Gasteiger partial charge >= 0.3 is 6.18 Å². The van der Waals surface area contributed by atoms with Crippen LogP contribution in [0.25, 0.3) is 10.9 Å². The van der Waals surface area contributed by atoms with Gasteiger partial charge in [0.1, 0.15) is 0 Å². The molecule has 196 valence electrons. The Morgan fingerprint density at radius 2 is 1.97 bits per heavy atom. The van der Waals surface area contributed by atoms with Gasteiger partial charge in [-0.25, -0.2) is 0 Å². The van der Waals surface area contributed by atoms with Crippen molar-refractivity contribution in [2.75, 3.05) is 24.5 Å². The van der Waals surface area contributed by atoms with E-state index in [1.807, 2.05) is 13.0 Å². The molecule has 9 heteroatoms. The average Bonchev–Trinajstić information content (AvgIpc) is 3.71. The lowest BCUT2D eigenvalue weighted by Crippen LogP contribution is -2.33. The van der Waals surface area contributed by atoms with Gasteiger partial charge in [-0.15, -0.1) is 0 Å². The van der Waals surface area contributed by atoms with E-state index in [2.05, 4.69) is 22.5 Å². The molecule has 0 unspecified atom stereocenters. The number of fused-ring (bicyclic) bond motifs is 1. The molecule has 6 nitrogen and oxygen atoms in total. The molecular weight excluding hydrogens is 479 g/mol. The first-order chi connectivity index (χ1) is 17.6. The Hall–Kier alpha value is -3.20. The number of benzene rings is 1. The molecule has 0 spiro atoms. The van der Waals surface area contributed by atoms with Crippen LogP contribution in [-0.4, -0.2) is 41.6 Å². The molecule has 1 saturated heterocycles. The number of aryl methyl sites for hydroxylation is 1. The van der Waals surface area contributed by atoms with Gasteiger partial charge < -0.3 is 15.5 Å². The summed E-state index contributed by atoms with van der Waals surface area (Å²) in [5.74, 6) is 0.0381. The quantitative estimate of drug-likeness (QED) is 0.473. The fourth-order valence-electron chi connectivity index (χ4n) is 5.07. The molecule has 1 aliphatic heterocycles. The number of pyridine rings is 2. The highest BCUT2D eigenvalue weighted by Gasteiger charge is 2.32. The van der Waals surface area contributed by atoms with Gasteiger partial charge in [0, 0.05) is 48.9 Å². The van der Waals surface area contributed by atoms with Crippen LogP contribution in [0.1, 0.15) is 77.9 Å². The normalized spacial score (nSPS) is 19.5. The minimum absolute atomic E-state index is 0.359. The number of carbonyl (C=O) groups is 1. The lowest BCUT2D eigenvalue weighted by Gasteiger charge is -2.27. The highest BCUT2D eigenvalue weighted by Crippen LogP contribution is 2.43. The van der Waals surface area contributed by atoms with Gasteiger partial charge in [0.15, 0.2) is 0 Å². The minimum Gasteiger partial charge on any atom is -0.369 e. The molecule has 5 rings (SSSR count). The number of halogens is 3. The molecule has 2 fully saturated rings. The van der Waals surface area contributed by atoms with Crippen LogP contribution in [0.3, 0.4) is 0 Å². The third kappa shape index (κ3) is 5.42. The number of amides is 1. The van der Waals surface area contributed by atoms with E-state index in [9.17, 15) is 18.0 Å². The highest BCUT2D eigenvalue weighted by atomic mass is 19.4. The Kier molecular flexibility index (Phi) is 6.83. The van der Waals surface area contributed by atoms with E-state index in [4.69, 9.17) is 9.97 Å². The van der Waals surface area contributed by atoms with E-state index in [-0.39, 0.29) is 5.91 Å². The van der Waals surface area contributed by atoms with Crippen molar-refractivity contribution in [1.29, 1.82) is 0 Å². The first-order valence-electron chi connectivity index (χ1n) is 12.9. The predicted molar refractivity (Wildman–Crippen MR) is 138 cm³/mol. The molecule has 1 aliphatic carbocycles. The maximum Gasteiger partial charge on any atom is 0.416 e. The number of anilines is 1. The van der Waals surface area contributed by atoms with Crippen molar-refractivity contribution in [2.45, 2.75) is 64.2 Å². The van der Waals surface area contributed by atoms with Crippen molar-refractivity contribution < 1.29 is 18.0 Å². The summed E-state index contributed by atoms with van der Waals surface area (Å²) in [7, 11) is 0. The number of nitrogens with one attached hydrogen (secondary N) is 2. The van der Waals surface area contributed by atoms with Gasteiger partial charge in [-0.2, -0.15) is 13.2 Å². The summed E-state index contributed by atoms with van der Waals surface area (Å²) in [6.07, 6.45) is 0.259. The SMILES string of the molecule is Cc1cc2c(N3CCN[C@@H](C)CC3)c(C(=O)N[C@@H](C)c3cccc(C(F)(F)F)c3)cnc2c(C2CC2)n1. The predicted octanol–water partition coefficient (Wildman–Crippen LogP) is 5.51. The van der Waals surface area contributed by atoms with Crippen LogP contribution in [-0.2, 0) is 6.18 Å². The number of hydrogen-bond donors (Lipinski definition) is 2. The van der Waals surface area contributed by atoms with E-state index in [0.29, 0.717) is 23.1 Å². The van der Waals surface area contributed by atoms with E-state index < -0.39 is 17.8 Å². The van der Waals surface area contributed by atoms with Gasteiger partial charge in [-0.05, 0) is 63.8 Å². The van der Waals surface area contributed by atoms with Crippen LogP contribution in [0.5, 0.6) is 0 Å². The second-order valence-electron chi connectivity index (χ2n) is 10.3. The van der Waals surface area contributed by atoms with Crippen LogP contribution < -0.4 is 15.5 Å². The molecule has 2 aromatic heterocycles. The topological polar surface area (TPSA) is 70.2 Å². The number of carbonyl (C=O) groups excluding carboxylic acids is 1. The summed E-state index contributed by atoms with van der Waals surface area (Å²) in [5.41, 5.74) is 3.60. The number of aromatic nitrogens is 2. The molecule has 0 radical (unpaired) electrons. The second-order valence-corrected chi connectivity index (χ2v) is 10.3. The fraction of sp³-hybridized carbons (Fsp3) is 0.464. The van der Waals surface area contributed by atoms with Crippen molar-refractivity contribution in [3.8, 4) is 0 Å². The molecule has 2 N–H and O–H groups in total. The third-order valence-electron chi connectivity index (χ3n) is 7.27. The van der Waals surface area contributed by atoms with Crippen molar-refractivity contribution in [3.63, 3.8) is 0 Å². The molecule has 1 aromatic carbocycles. The van der Waals surface area contributed by atoms with Crippen LogP contribution in [0.2, 0.25) is 0 Å². The van der Waals surface area contributed by atoms with Gasteiger partial charge in [-0.1, -0.05) is 12.1 Å². The monoisotopic (exact) mass is 511 g/mol. The molecule has 2 atom stereocenters. The largest absolute Gasteiger partial charge is 0.416 e.